The lowest BCUT2D eigenvalue weighted by Gasteiger charge is -2.43. The number of aldehydes is 2. The first-order valence-electron chi connectivity index (χ1n) is 27.8. The molecule has 0 bridgehead atoms. The number of ether oxygens (including phenoxy) is 3. The van der Waals surface area contributed by atoms with Crippen molar-refractivity contribution in [2.75, 3.05) is 151 Å². The van der Waals surface area contributed by atoms with E-state index in [4.69, 9.17) is 25.7 Å². The van der Waals surface area contributed by atoms with Crippen molar-refractivity contribution in [1.29, 1.82) is 0 Å². The van der Waals surface area contributed by atoms with Crippen LogP contribution in [-0.4, -0.2) is 307 Å². The Hall–Kier alpha value is -5.42. The van der Waals surface area contributed by atoms with Crippen molar-refractivity contribution >= 4 is 60.2 Å². The van der Waals surface area contributed by atoms with E-state index in [1.165, 1.54) is 14.7 Å². The first-order valence-corrected chi connectivity index (χ1v) is 27.8. The van der Waals surface area contributed by atoms with Crippen LogP contribution in [0, 0.1) is 0 Å². The van der Waals surface area contributed by atoms with E-state index in [1.54, 1.807) is 23.6 Å². The maximum absolute atomic E-state index is 13.6. The lowest BCUT2D eigenvalue weighted by Crippen LogP contribution is -2.61. The van der Waals surface area contributed by atoms with E-state index in [1.807, 2.05) is 4.90 Å². The Morgan fingerprint density at radius 2 is 1.05 bits per heavy atom. The third-order valence-electron chi connectivity index (χ3n) is 14.4. The van der Waals surface area contributed by atoms with Gasteiger partial charge in [-0.3, -0.25) is 83.7 Å². The zero-order valence-electron chi connectivity index (χ0n) is 47.6. The minimum Gasteiger partial charge on any atom is -0.480 e. The Bertz CT molecular complexity index is 1980. The van der Waals surface area contributed by atoms with Crippen LogP contribution in [-0.2, 0) is 62.2 Å². The van der Waals surface area contributed by atoms with E-state index in [0.717, 1.165) is 19.1 Å². The van der Waals surface area contributed by atoms with E-state index in [0.29, 0.717) is 64.6 Å². The second kappa shape index (κ2) is 40.0. The summed E-state index contributed by atoms with van der Waals surface area (Å²) in [6.07, 6.45) is 5.69. The molecule has 0 aromatic heterocycles. The number of carbonyl (C=O) groups is 10. The Labute approximate surface area is 478 Å². The van der Waals surface area contributed by atoms with Crippen LogP contribution in [0.4, 0.5) is 0 Å². The molecular weight excluding hydrogens is 1080 g/mol. The van der Waals surface area contributed by atoms with Crippen LogP contribution >= 0.6 is 0 Å². The van der Waals surface area contributed by atoms with Gasteiger partial charge in [-0.15, -0.1) is 0 Å². The fourth-order valence-electron chi connectivity index (χ4n) is 10.2. The van der Waals surface area contributed by atoms with Crippen LogP contribution in [0.15, 0.2) is 0 Å². The van der Waals surface area contributed by atoms with Gasteiger partial charge >= 0.3 is 35.8 Å². The quantitative estimate of drug-likeness (QED) is 0.0156. The normalized spacial score (nSPS) is 20.1. The number of carboxylic acids is 6. The predicted octanol–water partition coefficient (Wildman–Crippen LogP) is -4.12. The number of nitrogens with two attached hydrogens (primary N) is 2. The first-order chi connectivity index (χ1) is 38.9. The van der Waals surface area contributed by atoms with E-state index >= 15 is 0 Å². The maximum atomic E-state index is 13.6. The highest BCUT2D eigenvalue weighted by Gasteiger charge is 2.44. The van der Waals surface area contributed by atoms with E-state index < -0.39 is 103 Å². The van der Waals surface area contributed by atoms with Gasteiger partial charge in [0.1, 0.15) is 24.7 Å². The minimum absolute atomic E-state index is 0.0210. The number of primary amides is 1. The van der Waals surface area contributed by atoms with Crippen molar-refractivity contribution < 1.29 is 92.8 Å². The molecule has 31 nitrogen and oxygen atoms in total. The summed E-state index contributed by atoms with van der Waals surface area (Å²) >= 11 is 0. The molecule has 0 aromatic rings. The molecular formula is C51H92N12O19. The zero-order chi connectivity index (χ0) is 61.1. The molecule has 2 saturated heterocycles. The lowest BCUT2D eigenvalue weighted by molar-refractivity contribution is -0.149. The van der Waals surface area contributed by atoms with Gasteiger partial charge in [-0.25, -0.2) is 0 Å². The topological polar surface area (TPSA) is 439 Å². The van der Waals surface area contributed by atoms with Gasteiger partial charge in [0.15, 0.2) is 0 Å². The fraction of sp³-hybridized carbons (Fsp3) is 0.804. The number of rotatable bonds is 48. The lowest BCUT2D eigenvalue weighted by atomic mass is 9.96. The Kier molecular flexibility index (Phi) is 35.4. The number of amides is 2. The number of hydrogen-bond acceptors (Lipinski definition) is 23. The number of carbonyl (C=O) groups excluding carboxylic acids is 4. The van der Waals surface area contributed by atoms with E-state index in [-0.39, 0.29) is 124 Å². The average Bonchev–Trinajstić information content (AvgIpc) is 3.92. The van der Waals surface area contributed by atoms with E-state index in [2.05, 4.69) is 21.3 Å². The van der Waals surface area contributed by atoms with Crippen molar-refractivity contribution in [3.63, 3.8) is 0 Å². The molecule has 31 heteroatoms. The summed E-state index contributed by atoms with van der Waals surface area (Å²) in [6.45, 7) is 4.46. The molecule has 2 unspecified atom stereocenters. The van der Waals surface area contributed by atoms with Crippen molar-refractivity contribution in [3.05, 3.63) is 0 Å². The van der Waals surface area contributed by atoms with Gasteiger partial charge in [0, 0.05) is 70.0 Å². The molecule has 6 atom stereocenters. The molecule has 2 aliphatic heterocycles. The largest absolute Gasteiger partial charge is 0.480 e. The van der Waals surface area contributed by atoms with Crippen molar-refractivity contribution in [2.45, 2.75) is 113 Å². The highest BCUT2D eigenvalue weighted by molar-refractivity contribution is 5.81. The number of unbranched alkanes of at least 4 members (excludes halogenated alkanes) is 3. The van der Waals surface area contributed by atoms with Gasteiger partial charge in [-0.05, 0) is 78.3 Å². The second-order valence-corrected chi connectivity index (χ2v) is 21.2. The van der Waals surface area contributed by atoms with Gasteiger partial charge in [0.25, 0.3) is 0 Å². The molecule has 2 heterocycles. The Morgan fingerprint density at radius 3 is 1.55 bits per heavy atom. The van der Waals surface area contributed by atoms with Crippen LogP contribution < -0.4 is 32.7 Å². The third kappa shape index (κ3) is 29.2. The summed E-state index contributed by atoms with van der Waals surface area (Å²) in [4.78, 5) is 130. The Balaban J connectivity index is 1.99. The molecule has 2 rings (SSSR count). The summed E-state index contributed by atoms with van der Waals surface area (Å²) < 4.78 is 17.0. The van der Waals surface area contributed by atoms with Gasteiger partial charge in [-0.1, -0.05) is 12.8 Å². The highest BCUT2D eigenvalue weighted by Crippen LogP contribution is 2.26. The summed E-state index contributed by atoms with van der Waals surface area (Å²) in [5, 5.41) is 71.3. The molecule has 82 heavy (non-hydrogen) atoms. The second-order valence-electron chi connectivity index (χ2n) is 21.2. The molecule has 2 amide bonds. The highest BCUT2D eigenvalue weighted by atomic mass is 16.5. The number of aliphatic carboxylic acids is 6. The van der Waals surface area contributed by atoms with Crippen molar-refractivity contribution in [1.82, 2.24) is 50.7 Å². The minimum atomic E-state index is -1.31. The number of carboxylic acid groups (broad SMARTS) is 6. The molecule has 0 aliphatic carbocycles. The third-order valence-corrected chi connectivity index (χ3v) is 14.4. The SMILES string of the molecule is CC1(N(CC=O)CC(=O)O)CN(CC=O)CCN([C@H](CCCCNCOCC[C@H](NCOCCOCNCCCC[C@@H](N)C(N)=O)C(=O)NCCCC[C@H](C(=O)O)N2CCN(CC(=O)O)CC(C)(N(CC(=O)O)CC(=O)O)C2)C(=O)O)C1. The predicted molar refractivity (Wildman–Crippen MR) is 293 cm³/mol. The summed E-state index contributed by atoms with van der Waals surface area (Å²) in [5.41, 5.74) is 8.62. The molecule has 470 valence electrons. The summed E-state index contributed by atoms with van der Waals surface area (Å²) in [5.74, 6) is -8.06. The van der Waals surface area contributed by atoms with Crippen molar-refractivity contribution in [2.24, 2.45) is 11.5 Å². The van der Waals surface area contributed by atoms with Crippen molar-refractivity contribution in [3.8, 4) is 0 Å². The van der Waals surface area contributed by atoms with Gasteiger partial charge in [0.05, 0.1) is 91.4 Å². The number of nitrogens with one attached hydrogen (secondary N) is 4. The smallest absolute Gasteiger partial charge is 0.320 e. The standard InChI is InChI=1S/C51H92N12O19/c1-50(62(21-23-65)28-43(68)69)31-58(20-22-64)16-18-60(33-50)40(48(76)77)10-4-7-14-54-35-80-24-12-39(57-37-82-26-25-81-36-55-13-6-3-9-38(52)46(53)74)47(75)56-15-8-5-11-41(49(78)79)61-19-17-59(27-42(66)67)32-51(2,34-61)63(29-44(70)71)30-45(72)73/h22-23,38-41,54-55,57H,3-21,24-37,52H2,1-2H3,(H2,53,74)(H,56,75)(H,66,67)(H,68,69)(H,70,71)(H,72,73)(H,76,77)(H,78,79)/t38-,39+,40-,41-,50?,51?/m1/s1. The first kappa shape index (κ1) is 72.7. The van der Waals surface area contributed by atoms with Crippen LogP contribution in [0.3, 0.4) is 0 Å². The van der Waals surface area contributed by atoms with Gasteiger partial charge < -0.3 is 71.2 Å². The van der Waals surface area contributed by atoms with Crippen LogP contribution in [0.1, 0.15) is 78.1 Å². The molecule has 14 N–H and O–H groups in total. The van der Waals surface area contributed by atoms with Gasteiger partial charge in [0.2, 0.25) is 11.8 Å². The maximum Gasteiger partial charge on any atom is 0.320 e. The van der Waals surface area contributed by atoms with E-state index in [9.17, 15) is 78.6 Å². The molecule has 2 fully saturated rings. The summed E-state index contributed by atoms with van der Waals surface area (Å²) in [7, 11) is 0. The monoisotopic (exact) mass is 1180 g/mol. The van der Waals surface area contributed by atoms with Crippen LogP contribution in [0.5, 0.6) is 0 Å². The van der Waals surface area contributed by atoms with Gasteiger partial charge in [-0.2, -0.15) is 0 Å². The van der Waals surface area contributed by atoms with Crippen LogP contribution in [0.25, 0.3) is 0 Å². The molecule has 0 saturated carbocycles. The number of hydrogen-bond donors (Lipinski definition) is 12. The van der Waals surface area contributed by atoms with Crippen LogP contribution in [0.2, 0.25) is 0 Å². The average molecular weight is 1180 g/mol. The summed E-state index contributed by atoms with van der Waals surface area (Å²) in [6, 6.07) is -3.47. The molecule has 0 spiro atoms. The molecule has 0 radical (unpaired) electrons. The molecule has 2 aliphatic rings. The zero-order valence-corrected chi connectivity index (χ0v) is 47.6. The Morgan fingerprint density at radius 1 is 0.573 bits per heavy atom. The molecule has 0 aromatic carbocycles. The fourth-order valence-corrected chi connectivity index (χ4v) is 10.2. The number of nitrogens with zero attached hydrogens (tertiary/aromatic N) is 6.